The highest BCUT2D eigenvalue weighted by Crippen LogP contribution is 2.31. The molecule has 0 bridgehead atoms. The number of hydrogen-bond acceptors (Lipinski definition) is 5. The number of alkyl halides is 2. The highest BCUT2D eigenvalue weighted by Gasteiger charge is 2.14. The van der Waals surface area contributed by atoms with Crippen LogP contribution in [0.1, 0.15) is 16.1 Å². The van der Waals surface area contributed by atoms with E-state index in [4.69, 9.17) is 4.74 Å². The van der Waals surface area contributed by atoms with Crippen LogP contribution in [-0.4, -0.2) is 29.4 Å². The molecule has 0 saturated heterocycles. The monoisotopic (exact) mass is 401 g/mol. The molecular weight excluding hydrogens is 384 g/mol. The summed E-state index contributed by atoms with van der Waals surface area (Å²) in [6.07, 6.45) is 0. The third-order valence-corrected chi connectivity index (χ3v) is 3.91. The molecular formula is C20H17F2N3O4. The fourth-order valence-electron chi connectivity index (χ4n) is 2.58. The van der Waals surface area contributed by atoms with Crippen LogP contribution in [0, 0.1) is 0 Å². The van der Waals surface area contributed by atoms with E-state index in [0.29, 0.717) is 0 Å². The summed E-state index contributed by atoms with van der Waals surface area (Å²) in [5.41, 5.74) is 0.688. The maximum absolute atomic E-state index is 12.5. The predicted octanol–water partition coefficient (Wildman–Crippen LogP) is 3.15. The second-order valence-corrected chi connectivity index (χ2v) is 5.90. The van der Waals surface area contributed by atoms with Gasteiger partial charge in [-0.3, -0.25) is 9.59 Å². The Morgan fingerprint density at radius 1 is 1.10 bits per heavy atom. The lowest BCUT2D eigenvalue weighted by atomic mass is 10.2. The molecule has 2 aromatic carbocycles. The number of halogens is 2. The fraction of sp³-hybridized carbons (Fsp3) is 0.150. The van der Waals surface area contributed by atoms with Gasteiger partial charge in [-0.1, -0.05) is 30.3 Å². The maximum atomic E-state index is 12.5. The Kier molecular flexibility index (Phi) is 6.18. The largest absolute Gasteiger partial charge is 0.493 e. The van der Waals surface area contributed by atoms with Crippen LogP contribution in [0.2, 0.25) is 0 Å². The molecule has 0 aliphatic heterocycles. The molecule has 0 radical (unpaired) electrons. The molecule has 9 heteroatoms. The van der Waals surface area contributed by atoms with E-state index in [0.717, 1.165) is 5.56 Å². The first kappa shape index (κ1) is 20.0. The molecule has 0 unspecified atom stereocenters. The smallest absolute Gasteiger partial charge is 0.387 e. The van der Waals surface area contributed by atoms with Crippen molar-refractivity contribution in [3.05, 3.63) is 82.3 Å². The summed E-state index contributed by atoms with van der Waals surface area (Å²) in [4.78, 5) is 24.6. The second-order valence-electron chi connectivity index (χ2n) is 5.90. The zero-order valence-electron chi connectivity index (χ0n) is 15.3. The number of amides is 1. The number of nitrogens with zero attached hydrogens (tertiary/aromatic N) is 2. The minimum atomic E-state index is -3.04. The lowest BCUT2D eigenvalue weighted by molar-refractivity contribution is -0.0511. The van der Waals surface area contributed by atoms with Gasteiger partial charge >= 0.3 is 6.61 Å². The molecule has 150 valence electrons. The number of benzene rings is 2. The number of carbonyl (C=O) groups is 1. The first-order chi connectivity index (χ1) is 14.0. The molecule has 0 saturated carbocycles. The zero-order valence-corrected chi connectivity index (χ0v) is 15.3. The number of methoxy groups -OCH3 is 1. The van der Waals surface area contributed by atoms with Crippen LogP contribution in [0.15, 0.2) is 65.5 Å². The molecule has 0 spiro atoms. The van der Waals surface area contributed by atoms with Gasteiger partial charge in [-0.05, 0) is 23.8 Å². The highest BCUT2D eigenvalue weighted by molar-refractivity contribution is 6.02. The molecule has 1 aromatic heterocycles. The standard InChI is InChI=1S/C20H17F2N3O4/c1-28-16-9-7-14(11-17(16)29-20(21)22)23-19(27)15-8-10-18(26)25(24-15)12-13-5-3-2-4-6-13/h2-11,20H,12H2,1H3,(H,23,27). The third-order valence-electron chi connectivity index (χ3n) is 3.91. The van der Waals surface area contributed by atoms with Gasteiger partial charge in [0.15, 0.2) is 11.5 Å². The van der Waals surface area contributed by atoms with Gasteiger partial charge in [0, 0.05) is 17.8 Å². The maximum Gasteiger partial charge on any atom is 0.387 e. The van der Waals surface area contributed by atoms with Crippen LogP contribution < -0.4 is 20.3 Å². The number of ether oxygens (including phenoxy) is 2. The summed E-state index contributed by atoms with van der Waals surface area (Å²) >= 11 is 0. The van der Waals surface area contributed by atoms with E-state index in [1.54, 1.807) is 0 Å². The van der Waals surface area contributed by atoms with E-state index in [1.807, 2.05) is 30.3 Å². The van der Waals surface area contributed by atoms with Crippen molar-refractivity contribution < 1.29 is 23.0 Å². The van der Waals surface area contributed by atoms with E-state index in [1.165, 1.54) is 42.1 Å². The minimum absolute atomic E-state index is 0.00678. The topological polar surface area (TPSA) is 82.5 Å². The van der Waals surface area contributed by atoms with E-state index in [-0.39, 0.29) is 35.0 Å². The van der Waals surface area contributed by atoms with Crippen molar-refractivity contribution in [1.29, 1.82) is 0 Å². The molecule has 0 fully saturated rings. The summed E-state index contributed by atoms with van der Waals surface area (Å²) in [6, 6.07) is 15.8. The van der Waals surface area contributed by atoms with Gasteiger partial charge in [-0.25, -0.2) is 4.68 Å². The van der Waals surface area contributed by atoms with Crippen LogP contribution in [0.5, 0.6) is 11.5 Å². The summed E-state index contributed by atoms with van der Waals surface area (Å²) in [5, 5.41) is 6.62. The lowest BCUT2D eigenvalue weighted by Gasteiger charge is -2.12. The van der Waals surface area contributed by atoms with Crippen molar-refractivity contribution in [2.24, 2.45) is 0 Å². The Balaban J connectivity index is 1.80. The van der Waals surface area contributed by atoms with E-state index < -0.39 is 12.5 Å². The van der Waals surface area contributed by atoms with Crippen molar-refractivity contribution in [2.75, 3.05) is 12.4 Å². The van der Waals surface area contributed by atoms with Gasteiger partial charge in [0.2, 0.25) is 0 Å². The van der Waals surface area contributed by atoms with Crippen LogP contribution in [-0.2, 0) is 6.54 Å². The number of nitrogens with one attached hydrogen (secondary N) is 1. The third kappa shape index (κ3) is 5.16. The van der Waals surface area contributed by atoms with E-state index >= 15 is 0 Å². The second kappa shape index (κ2) is 8.96. The quantitative estimate of drug-likeness (QED) is 0.658. The molecule has 1 N–H and O–H groups in total. The molecule has 1 heterocycles. The number of rotatable bonds is 7. The first-order valence-corrected chi connectivity index (χ1v) is 8.52. The van der Waals surface area contributed by atoms with Crippen molar-refractivity contribution in [3.8, 4) is 11.5 Å². The summed E-state index contributed by atoms with van der Waals surface area (Å²) in [6.45, 7) is -2.84. The van der Waals surface area contributed by atoms with Crippen LogP contribution in [0.4, 0.5) is 14.5 Å². The Morgan fingerprint density at radius 2 is 1.86 bits per heavy atom. The number of aromatic nitrogens is 2. The van der Waals surface area contributed by atoms with Gasteiger partial charge in [0.25, 0.3) is 11.5 Å². The van der Waals surface area contributed by atoms with Gasteiger partial charge < -0.3 is 14.8 Å². The predicted molar refractivity (Wildman–Crippen MR) is 102 cm³/mol. The number of carbonyl (C=O) groups excluding carboxylic acids is 1. The molecule has 7 nitrogen and oxygen atoms in total. The number of hydrogen-bond donors (Lipinski definition) is 1. The average molecular weight is 401 g/mol. The Bertz CT molecular complexity index is 1060. The van der Waals surface area contributed by atoms with Gasteiger partial charge in [-0.2, -0.15) is 13.9 Å². The van der Waals surface area contributed by atoms with Crippen LogP contribution in [0.25, 0.3) is 0 Å². The van der Waals surface area contributed by atoms with E-state index in [9.17, 15) is 18.4 Å². The molecule has 3 aromatic rings. The minimum Gasteiger partial charge on any atom is -0.493 e. The lowest BCUT2D eigenvalue weighted by Crippen LogP contribution is -2.26. The first-order valence-electron chi connectivity index (χ1n) is 8.52. The molecule has 0 aliphatic rings. The van der Waals surface area contributed by atoms with Gasteiger partial charge in [0.1, 0.15) is 5.69 Å². The van der Waals surface area contributed by atoms with Crippen LogP contribution >= 0.6 is 0 Å². The molecule has 29 heavy (non-hydrogen) atoms. The van der Waals surface area contributed by atoms with Crippen LogP contribution in [0.3, 0.4) is 0 Å². The van der Waals surface area contributed by atoms with Crippen molar-refractivity contribution >= 4 is 11.6 Å². The zero-order chi connectivity index (χ0) is 20.8. The van der Waals surface area contributed by atoms with E-state index in [2.05, 4.69) is 15.2 Å². The van der Waals surface area contributed by atoms with Crippen molar-refractivity contribution in [3.63, 3.8) is 0 Å². The summed E-state index contributed by atoms with van der Waals surface area (Å²) in [5.74, 6) is -0.736. The average Bonchev–Trinajstić information content (AvgIpc) is 2.70. The summed E-state index contributed by atoms with van der Waals surface area (Å²) < 4.78 is 35.6. The molecule has 0 atom stereocenters. The highest BCUT2D eigenvalue weighted by atomic mass is 19.3. The number of anilines is 1. The molecule has 0 aliphatic carbocycles. The fourth-order valence-corrected chi connectivity index (χ4v) is 2.58. The van der Waals surface area contributed by atoms with Gasteiger partial charge in [-0.15, -0.1) is 0 Å². The SMILES string of the molecule is COc1ccc(NC(=O)c2ccc(=O)n(Cc3ccccc3)n2)cc1OC(F)F. The van der Waals surface area contributed by atoms with Crippen molar-refractivity contribution in [1.82, 2.24) is 9.78 Å². The van der Waals surface area contributed by atoms with Gasteiger partial charge in [0.05, 0.1) is 13.7 Å². The Morgan fingerprint density at radius 3 is 2.55 bits per heavy atom. The molecule has 3 rings (SSSR count). The normalized spacial score (nSPS) is 10.6. The Hall–Kier alpha value is -3.75. The van der Waals surface area contributed by atoms with Crippen molar-refractivity contribution in [2.45, 2.75) is 13.2 Å². The molecule has 1 amide bonds. The summed E-state index contributed by atoms with van der Waals surface area (Å²) in [7, 11) is 1.31. The Labute approximate surface area is 164 Å².